The standard InChI is InChI=1S/C21H21NO3/c1-12-3-5-16(6-4-12)21(24)25-22-20-13(2)11-17(23)18-14-7-9-15(10-8-14)19(18)20/h3-7,9,11,14-15,18,22H,8,10H2,1-2H3/t14-,15+,18+/m0/s1. The largest absolute Gasteiger partial charge is 0.362 e. The van der Waals surface area contributed by atoms with E-state index in [-0.39, 0.29) is 23.5 Å². The number of hydrogen-bond donors (Lipinski definition) is 1. The van der Waals surface area contributed by atoms with Crippen molar-refractivity contribution in [1.82, 2.24) is 5.48 Å². The van der Waals surface area contributed by atoms with Crippen molar-refractivity contribution in [3.8, 4) is 0 Å². The summed E-state index contributed by atoms with van der Waals surface area (Å²) in [6, 6.07) is 7.25. The number of carbonyl (C=O) groups excluding carboxylic acids is 2. The molecule has 4 aliphatic rings. The van der Waals surface area contributed by atoms with Crippen LogP contribution in [0.3, 0.4) is 0 Å². The van der Waals surface area contributed by atoms with E-state index in [0.29, 0.717) is 5.56 Å². The molecule has 4 heteroatoms. The quantitative estimate of drug-likeness (QED) is 0.677. The Kier molecular flexibility index (Phi) is 3.83. The zero-order chi connectivity index (χ0) is 17.6. The average molecular weight is 335 g/mol. The second-order valence-corrected chi connectivity index (χ2v) is 7.13. The molecule has 0 aromatic heterocycles. The number of fused-ring (bicyclic) bond motifs is 1. The van der Waals surface area contributed by atoms with E-state index in [4.69, 9.17) is 4.84 Å². The van der Waals surface area contributed by atoms with Gasteiger partial charge in [0, 0.05) is 5.92 Å². The summed E-state index contributed by atoms with van der Waals surface area (Å²) in [6.07, 6.45) is 8.12. The Bertz CT molecular complexity index is 829. The molecule has 25 heavy (non-hydrogen) atoms. The van der Waals surface area contributed by atoms with E-state index in [2.05, 4.69) is 17.6 Å². The normalized spacial score (nSPS) is 27.0. The Morgan fingerprint density at radius 2 is 1.88 bits per heavy atom. The predicted octanol–water partition coefficient (Wildman–Crippen LogP) is 3.65. The van der Waals surface area contributed by atoms with Crippen molar-refractivity contribution in [3.63, 3.8) is 0 Å². The molecule has 3 atom stereocenters. The molecule has 128 valence electrons. The first-order chi connectivity index (χ1) is 12.0. The van der Waals surface area contributed by atoms with Gasteiger partial charge >= 0.3 is 5.97 Å². The molecule has 0 spiro atoms. The first kappa shape index (κ1) is 15.9. The molecule has 1 aromatic carbocycles. The number of nitrogens with one attached hydrogen (secondary N) is 1. The average Bonchev–Trinajstić information content (AvgIpc) is 2.62. The van der Waals surface area contributed by atoms with Crippen molar-refractivity contribution in [2.45, 2.75) is 26.7 Å². The number of ketones is 1. The van der Waals surface area contributed by atoms with E-state index in [9.17, 15) is 9.59 Å². The summed E-state index contributed by atoms with van der Waals surface area (Å²) in [5.74, 6) is 0.158. The smallest absolute Gasteiger partial charge is 0.338 e. The number of rotatable bonds is 3. The number of allylic oxidation sites excluding steroid dienone is 5. The highest BCUT2D eigenvalue weighted by Gasteiger charge is 2.43. The Morgan fingerprint density at radius 1 is 1.12 bits per heavy atom. The molecule has 0 amide bonds. The maximum Gasteiger partial charge on any atom is 0.362 e. The molecule has 4 nitrogen and oxygen atoms in total. The SMILES string of the molecule is CC1=CC(=O)[C@@H]2C(=C1NOC(=O)c1ccc(C)cc1)[C@@H]1C=C[C@H]2CC1. The van der Waals surface area contributed by atoms with Crippen LogP contribution < -0.4 is 5.48 Å². The van der Waals surface area contributed by atoms with Crippen molar-refractivity contribution in [1.29, 1.82) is 0 Å². The molecule has 0 heterocycles. The zero-order valence-electron chi connectivity index (χ0n) is 14.4. The van der Waals surface area contributed by atoms with Gasteiger partial charge in [0.25, 0.3) is 0 Å². The first-order valence-corrected chi connectivity index (χ1v) is 8.73. The fourth-order valence-corrected chi connectivity index (χ4v) is 4.13. The van der Waals surface area contributed by atoms with Crippen LogP contribution in [0.5, 0.6) is 0 Å². The monoisotopic (exact) mass is 335 g/mol. The van der Waals surface area contributed by atoms with Crippen LogP contribution in [0.2, 0.25) is 0 Å². The first-order valence-electron chi connectivity index (χ1n) is 8.73. The molecular formula is C21H21NO3. The third-order valence-corrected chi connectivity index (χ3v) is 5.45. The summed E-state index contributed by atoms with van der Waals surface area (Å²) in [7, 11) is 0. The molecule has 0 radical (unpaired) electrons. The maximum absolute atomic E-state index is 12.5. The van der Waals surface area contributed by atoms with Gasteiger partial charge in [-0.1, -0.05) is 29.8 Å². The number of hydrogen-bond acceptors (Lipinski definition) is 4. The highest BCUT2D eigenvalue weighted by molar-refractivity contribution is 5.98. The fraction of sp³-hybridized carbons (Fsp3) is 0.333. The topological polar surface area (TPSA) is 55.4 Å². The number of benzene rings is 1. The van der Waals surface area contributed by atoms with Gasteiger partial charge < -0.3 is 4.84 Å². The molecule has 0 aliphatic heterocycles. The van der Waals surface area contributed by atoms with Gasteiger partial charge in [0.2, 0.25) is 0 Å². The van der Waals surface area contributed by atoms with Gasteiger partial charge in [0.15, 0.2) is 5.78 Å². The third kappa shape index (κ3) is 2.72. The lowest BCUT2D eigenvalue weighted by atomic mass is 9.62. The van der Waals surface area contributed by atoms with E-state index in [0.717, 1.165) is 35.2 Å². The molecule has 1 saturated carbocycles. The molecule has 5 rings (SSSR count). The van der Waals surface area contributed by atoms with Crippen LogP contribution in [0.4, 0.5) is 0 Å². The van der Waals surface area contributed by atoms with E-state index in [1.165, 1.54) is 0 Å². The van der Waals surface area contributed by atoms with E-state index in [1.807, 2.05) is 26.0 Å². The van der Waals surface area contributed by atoms with Gasteiger partial charge in [0.05, 0.1) is 17.2 Å². The summed E-state index contributed by atoms with van der Waals surface area (Å²) >= 11 is 0. The lowest BCUT2D eigenvalue weighted by Gasteiger charge is -2.42. The minimum absolute atomic E-state index is 0.104. The van der Waals surface area contributed by atoms with Crippen LogP contribution in [-0.2, 0) is 9.63 Å². The Balaban J connectivity index is 1.59. The summed E-state index contributed by atoms with van der Waals surface area (Å²) in [6.45, 7) is 3.86. The van der Waals surface area contributed by atoms with Gasteiger partial charge in [-0.05, 0) is 62.0 Å². The van der Waals surface area contributed by atoms with Gasteiger partial charge in [-0.3, -0.25) is 4.79 Å². The van der Waals surface area contributed by atoms with Crippen molar-refractivity contribution < 1.29 is 14.4 Å². The van der Waals surface area contributed by atoms with Crippen molar-refractivity contribution in [2.75, 3.05) is 0 Å². The van der Waals surface area contributed by atoms with Crippen LogP contribution >= 0.6 is 0 Å². The second kappa shape index (κ2) is 6.03. The van der Waals surface area contributed by atoms with E-state index < -0.39 is 5.97 Å². The van der Waals surface area contributed by atoms with Gasteiger partial charge in [-0.15, -0.1) is 0 Å². The van der Waals surface area contributed by atoms with E-state index in [1.54, 1.807) is 18.2 Å². The van der Waals surface area contributed by atoms with Crippen LogP contribution in [0, 0.1) is 24.7 Å². The number of aryl methyl sites for hydroxylation is 1. The molecule has 2 bridgehead atoms. The van der Waals surface area contributed by atoms with Crippen LogP contribution in [0.15, 0.2) is 59.3 Å². The van der Waals surface area contributed by atoms with E-state index >= 15 is 0 Å². The summed E-state index contributed by atoms with van der Waals surface area (Å²) in [5, 5.41) is 0. The Morgan fingerprint density at radius 3 is 2.56 bits per heavy atom. The summed E-state index contributed by atoms with van der Waals surface area (Å²) in [5.41, 5.74) is 7.16. The third-order valence-electron chi connectivity index (χ3n) is 5.45. The molecule has 1 fully saturated rings. The molecule has 0 saturated heterocycles. The maximum atomic E-state index is 12.5. The number of carbonyl (C=O) groups is 2. The van der Waals surface area contributed by atoms with Crippen molar-refractivity contribution in [2.24, 2.45) is 17.8 Å². The minimum Gasteiger partial charge on any atom is -0.338 e. The molecular weight excluding hydrogens is 314 g/mol. The van der Waals surface area contributed by atoms with Gasteiger partial charge in [-0.25, -0.2) is 10.3 Å². The zero-order valence-corrected chi connectivity index (χ0v) is 14.4. The fourth-order valence-electron chi connectivity index (χ4n) is 4.13. The van der Waals surface area contributed by atoms with Crippen LogP contribution in [0.1, 0.15) is 35.7 Å². The van der Waals surface area contributed by atoms with Crippen molar-refractivity contribution >= 4 is 11.8 Å². The Hall–Kier alpha value is -2.62. The Labute approximate surface area is 147 Å². The predicted molar refractivity (Wildman–Crippen MR) is 94.4 cm³/mol. The summed E-state index contributed by atoms with van der Waals surface area (Å²) in [4.78, 5) is 30.1. The lowest BCUT2D eigenvalue weighted by Crippen LogP contribution is -2.40. The van der Waals surface area contributed by atoms with Crippen LogP contribution in [-0.4, -0.2) is 11.8 Å². The molecule has 1 N–H and O–H groups in total. The summed E-state index contributed by atoms with van der Waals surface area (Å²) < 4.78 is 0. The second-order valence-electron chi connectivity index (χ2n) is 7.13. The highest BCUT2D eigenvalue weighted by Crippen LogP contribution is 2.48. The molecule has 0 unspecified atom stereocenters. The lowest BCUT2D eigenvalue weighted by molar-refractivity contribution is -0.119. The minimum atomic E-state index is -0.425. The van der Waals surface area contributed by atoms with Gasteiger partial charge in [0.1, 0.15) is 0 Å². The van der Waals surface area contributed by atoms with Crippen molar-refractivity contribution in [3.05, 3.63) is 70.5 Å². The molecule has 4 aliphatic carbocycles. The molecule has 1 aromatic rings. The van der Waals surface area contributed by atoms with Crippen LogP contribution in [0.25, 0.3) is 0 Å². The highest BCUT2D eigenvalue weighted by atomic mass is 16.7. The number of hydroxylamine groups is 1. The van der Waals surface area contributed by atoms with Gasteiger partial charge in [-0.2, -0.15) is 0 Å².